The summed E-state index contributed by atoms with van der Waals surface area (Å²) in [5.74, 6) is -0.0700. The van der Waals surface area contributed by atoms with Crippen LogP contribution in [0.2, 0.25) is 5.02 Å². The van der Waals surface area contributed by atoms with Crippen molar-refractivity contribution in [1.29, 1.82) is 0 Å². The summed E-state index contributed by atoms with van der Waals surface area (Å²) in [7, 11) is 1.59. The highest BCUT2D eigenvalue weighted by atomic mass is 35.5. The summed E-state index contributed by atoms with van der Waals surface area (Å²) in [5.41, 5.74) is 0.979. The van der Waals surface area contributed by atoms with Gasteiger partial charge in [0.1, 0.15) is 5.70 Å². The highest BCUT2D eigenvalue weighted by Gasteiger charge is 2.27. The van der Waals surface area contributed by atoms with Crippen molar-refractivity contribution in [3.63, 3.8) is 0 Å². The van der Waals surface area contributed by atoms with Crippen molar-refractivity contribution in [2.75, 3.05) is 13.7 Å². The molecule has 0 bridgehead atoms. The van der Waals surface area contributed by atoms with E-state index in [1.807, 2.05) is 0 Å². The van der Waals surface area contributed by atoms with Crippen LogP contribution in [0.5, 0.6) is 11.5 Å². The molecular weight excluding hydrogens is 300 g/mol. The highest BCUT2D eigenvalue weighted by Crippen LogP contribution is 2.35. The van der Waals surface area contributed by atoms with Gasteiger partial charge in [-0.05, 0) is 42.9 Å². The molecule has 0 radical (unpaired) electrons. The number of aromatic hydroxyl groups is 1. The quantitative estimate of drug-likeness (QED) is 0.661. The number of phenolic OH excluding ortho intramolecular Hbond substituents is 1. The summed E-state index contributed by atoms with van der Waals surface area (Å²) in [5, 5.41) is 13.1. The van der Waals surface area contributed by atoms with Gasteiger partial charge in [-0.3, -0.25) is 9.69 Å². The Morgan fingerprint density at radius 2 is 2.25 bits per heavy atom. The standard InChI is InChI=1S/C13H13ClN2O3S/c1-3-19-10-6-7(4-8(14)11(10)17)5-9-12(18)16(2)13(20)15-9/h4-6,17H,3H2,1-2H3,(H,15,20). The molecule has 0 spiro atoms. The molecule has 2 N–H and O–H groups in total. The zero-order valence-electron chi connectivity index (χ0n) is 10.9. The molecule has 0 aliphatic carbocycles. The van der Waals surface area contributed by atoms with Crippen molar-refractivity contribution in [1.82, 2.24) is 10.2 Å². The second kappa shape index (κ2) is 5.68. The predicted molar refractivity (Wildman–Crippen MR) is 80.8 cm³/mol. The maximum absolute atomic E-state index is 11.9. The Labute approximate surface area is 126 Å². The molecule has 1 aromatic rings. The summed E-state index contributed by atoms with van der Waals surface area (Å²) in [6.45, 7) is 2.20. The number of thiocarbonyl (C=S) groups is 1. The second-order valence-electron chi connectivity index (χ2n) is 4.13. The highest BCUT2D eigenvalue weighted by molar-refractivity contribution is 7.80. The molecule has 0 aromatic heterocycles. The number of benzene rings is 1. The molecule has 0 atom stereocenters. The lowest BCUT2D eigenvalue weighted by atomic mass is 10.1. The Balaban J connectivity index is 2.39. The zero-order valence-corrected chi connectivity index (χ0v) is 12.5. The summed E-state index contributed by atoms with van der Waals surface area (Å²) in [6.07, 6.45) is 1.60. The summed E-state index contributed by atoms with van der Waals surface area (Å²) in [4.78, 5) is 13.2. The molecule has 106 valence electrons. The summed E-state index contributed by atoms with van der Waals surface area (Å²) >= 11 is 10.9. The van der Waals surface area contributed by atoms with Crippen molar-refractivity contribution in [3.05, 3.63) is 28.4 Å². The number of carbonyl (C=O) groups is 1. The Kier molecular flexibility index (Phi) is 4.15. The number of phenols is 1. The number of rotatable bonds is 3. The lowest BCUT2D eigenvalue weighted by Crippen LogP contribution is -2.25. The smallest absolute Gasteiger partial charge is 0.276 e. The fraction of sp³-hybridized carbons (Fsp3) is 0.231. The minimum absolute atomic E-state index is 0.117. The van der Waals surface area contributed by atoms with E-state index in [9.17, 15) is 9.90 Å². The normalized spacial score (nSPS) is 16.8. The largest absolute Gasteiger partial charge is 0.503 e. The number of hydrogen-bond acceptors (Lipinski definition) is 4. The van der Waals surface area contributed by atoms with Crippen LogP contribution in [-0.2, 0) is 4.79 Å². The second-order valence-corrected chi connectivity index (χ2v) is 4.93. The Hall–Kier alpha value is -1.79. The molecule has 1 aromatic carbocycles. The summed E-state index contributed by atoms with van der Waals surface area (Å²) in [6, 6.07) is 3.15. The number of halogens is 1. The molecule has 1 aliphatic heterocycles. The fourth-order valence-corrected chi connectivity index (χ4v) is 2.14. The zero-order chi connectivity index (χ0) is 14.9. The van der Waals surface area contributed by atoms with Crippen LogP contribution in [-0.4, -0.2) is 34.7 Å². The van der Waals surface area contributed by atoms with E-state index in [0.29, 0.717) is 23.0 Å². The van der Waals surface area contributed by atoms with E-state index in [0.717, 1.165) is 0 Å². The first-order valence-electron chi connectivity index (χ1n) is 5.90. The number of carbonyl (C=O) groups excluding carboxylic acids is 1. The van der Waals surface area contributed by atoms with Crippen LogP contribution in [0.3, 0.4) is 0 Å². The van der Waals surface area contributed by atoms with E-state index >= 15 is 0 Å². The number of ether oxygens (including phenoxy) is 1. The predicted octanol–water partition coefficient (Wildman–Crippen LogP) is 2.13. The minimum Gasteiger partial charge on any atom is -0.503 e. The van der Waals surface area contributed by atoms with Gasteiger partial charge in [0.25, 0.3) is 5.91 Å². The maximum atomic E-state index is 11.9. The van der Waals surface area contributed by atoms with E-state index in [1.54, 1.807) is 32.2 Å². The van der Waals surface area contributed by atoms with E-state index < -0.39 is 0 Å². The Morgan fingerprint density at radius 1 is 1.55 bits per heavy atom. The molecule has 20 heavy (non-hydrogen) atoms. The van der Waals surface area contributed by atoms with Gasteiger partial charge in [0.15, 0.2) is 16.6 Å². The lowest BCUT2D eigenvalue weighted by Gasteiger charge is -2.08. The number of hydrogen-bond donors (Lipinski definition) is 2. The third kappa shape index (κ3) is 2.71. The van der Waals surface area contributed by atoms with Crippen LogP contribution in [0.1, 0.15) is 12.5 Å². The topological polar surface area (TPSA) is 61.8 Å². The maximum Gasteiger partial charge on any atom is 0.276 e. The minimum atomic E-state index is -0.225. The molecule has 1 heterocycles. The van der Waals surface area contributed by atoms with E-state index in [4.69, 9.17) is 28.6 Å². The number of likely N-dealkylation sites (N-methyl/N-ethyl adjacent to an activating group) is 1. The number of nitrogens with zero attached hydrogens (tertiary/aromatic N) is 1. The molecule has 0 unspecified atom stereocenters. The van der Waals surface area contributed by atoms with Crippen molar-refractivity contribution in [2.24, 2.45) is 0 Å². The average Bonchev–Trinajstić information content (AvgIpc) is 2.63. The molecule has 1 amide bonds. The van der Waals surface area contributed by atoms with Crippen LogP contribution in [0.25, 0.3) is 6.08 Å². The van der Waals surface area contributed by atoms with Crippen LogP contribution in [0.15, 0.2) is 17.8 Å². The molecule has 5 nitrogen and oxygen atoms in total. The van der Waals surface area contributed by atoms with E-state index in [2.05, 4.69) is 5.32 Å². The van der Waals surface area contributed by atoms with E-state index in [1.165, 1.54) is 4.90 Å². The van der Waals surface area contributed by atoms with Gasteiger partial charge in [-0.1, -0.05) is 11.6 Å². The molecule has 2 rings (SSSR count). The summed E-state index contributed by atoms with van der Waals surface area (Å²) < 4.78 is 5.29. The Bertz CT molecular complexity index is 616. The first-order chi connectivity index (χ1) is 9.43. The van der Waals surface area contributed by atoms with Crippen LogP contribution < -0.4 is 10.1 Å². The molecule has 0 saturated carbocycles. The van der Waals surface area contributed by atoms with Gasteiger partial charge >= 0.3 is 0 Å². The van der Waals surface area contributed by atoms with Gasteiger partial charge in [-0.2, -0.15) is 0 Å². The molecule has 1 fully saturated rings. The number of amides is 1. The SMILES string of the molecule is CCOc1cc(C=C2NC(=S)N(C)C2=O)cc(Cl)c1O. The van der Waals surface area contributed by atoms with Crippen LogP contribution >= 0.6 is 23.8 Å². The van der Waals surface area contributed by atoms with Crippen molar-refractivity contribution < 1.29 is 14.6 Å². The molecule has 7 heteroatoms. The number of nitrogens with one attached hydrogen (secondary N) is 1. The van der Waals surface area contributed by atoms with Gasteiger partial charge in [-0.25, -0.2) is 0 Å². The lowest BCUT2D eigenvalue weighted by molar-refractivity contribution is -0.121. The van der Waals surface area contributed by atoms with Gasteiger partial charge in [0, 0.05) is 7.05 Å². The Morgan fingerprint density at radius 3 is 2.80 bits per heavy atom. The van der Waals surface area contributed by atoms with Crippen molar-refractivity contribution >= 4 is 40.9 Å². The third-order valence-corrected chi connectivity index (χ3v) is 3.41. The first kappa shape index (κ1) is 14.6. The molecular formula is C13H13ClN2O3S. The van der Waals surface area contributed by atoms with E-state index in [-0.39, 0.29) is 22.4 Å². The van der Waals surface area contributed by atoms with Crippen molar-refractivity contribution in [3.8, 4) is 11.5 Å². The van der Waals surface area contributed by atoms with Gasteiger partial charge in [0.2, 0.25) is 0 Å². The first-order valence-corrected chi connectivity index (χ1v) is 6.68. The van der Waals surface area contributed by atoms with Crippen LogP contribution in [0.4, 0.5) is 0 Å². The van der Waals surface area contributed by atoms with Crippen LogP contribution in [0, 0.1) is 0 Å². The molecule has 1 aliphatic rings. The van der Waals surface area contributed by atoms with Crippen molar-refractivity contribution in [2.45, 2.75) is 6.92 Å². The molecule has 1 saturated heterocycles. The van der Waals surface area contributed by atoms with Gasteiger partial charge in [0.05, 0.1) is 11.6 Å². The van der Waals surface area contributed by atoms with Gasteiger partial charge < -0.3 is 15.2 Å². The third-order valence-electron chi connectivity index (χ3n) is 2.74. The van der Waals surface area contributed by atoms with Gasteiger partial charge in [-0.15, -0.1) is 0 Å². The monoisotopic (exact) mass is 312 g/mol. The fourth-order valence-electron chi connectivity index (χ4n) is 1.73. The average molecular weight is 313 g/mol.